The highest BCUT2D eigenvalue weighted by molar-refractivity contribution is 7.95. The van der Waals surface area contributed by atoms with Gasteiger partial charge >= 0.3 is 0 Å². The number of fused-ring (bicyclic) bond motifs is 1. The molecule has 2 aromatic rings. The second-order valence-electron chi connectivity index (χ2n) is 6.86. The maximum atomic E-state index is 13.3. The predicted octanol–water partition coefficient (Wildman–Crippen LogP) is 3.50. The lowest BCUT2D eigenvalue weighted by molar-refractivity contribution is -0.116. The molecular weight excluding hydrogens is 471 g/mol. The third-order valence-electron chi connectivity index (χ3n) is 4.69. The van der Waals surface area contributed by atoms with E-state index in [0.29, 0.717) is 11.4 Å². The number of carbonyl (C=O) groups is 1. The van der Waals surface area contributed by atoms with E-state index in [4.69, 9.17) is 23.2 Å². The summed E-state index contributed by atoms with van der Waals surface area (Å²) in [6.07, 6.45) is 0.450. The highest BCUT2D eigenvalue weighted by Gasteiger charge is 2.44. The van der Waals surface area contributed by atoms with Crippen LogP contribution in [0.1, 0.15) is 24.2 Å². The number of rotatable bonds is 7. The van der Waals surface area contributed by atoms with E-state index in [2.05, 4.69) is 5.32 Å². The Kier molecular flexibility index (Phi) is 6.78. The minimum absolute atomic E-state index is 0.0187. The Morgan fingerprint density at radius 2 is 1.90 bits per heavy atom. The van der Waals surface area contributed by atoms with E-state index in [9.17, 15) is 21.6 Å². The molecule has 0 saturated carbocycles. The quantitative estimate of drug-likeness (QED) is 0.639. The number of amides is 1. The van der Waals surface area contributed by atoms with E-state index in [1.165, 1.54) is 24.3 Å². The number of nitrogens with one attached hydrogen (secondary N) is 1. The summed E-state index contributed by atoms with van der Waals surface area (Å²) in [4.78, 5) is 12.6. The number of nitrogens with zero attached hydrogens (tertiary/aromatic N) is 1. The lowest BCUT2D eigenvalue weighted by atomic mass is 10.2. The minimum atomic E-state index is -4.12. The molecule has 1 atom stereocenters. The number of benzene rings is 2. The Bertz CT molecular complexity index is 1180. The third kappa shape index (κ3) is 4.65. The van der Waals surface area contributed by atoms with Gasteiger partial charge in [0.1, 0.15) is 5.25 Å². The van der Waals surface area contributed by atoms with Crippen LogP contribution in [0.15, 0.2) is 47.4 Å². The first kappa shape index (κ1) is 23.0. The molecule has 1 unspecified atom stereocenters. The Morgan fingerprint density at radius 1 is 1.20 bits per heavy atom. The zero-order valence-electron chi connectivity index (χ0n) is 16.0. The van der Waals surface area contributed by atoms with E-state index >= 15 is 0 Å². The third-order valence-corrected chi connectivity index (χ3v) is 9.45. The van der Waals surface area contributed by atoms with Gasteiger partial charge in [-0.25, -0.2) is 16.8 Å². The maximum Gasteiger partial charge on any atom is 0.239 e. The summed E-state index contributed by atoms with van der Waals surface area (Å²) in [5, 5.41) is 1.92. The van der Waals surface area contributed by atoms with Crippen molar-refractivity contribution >= 4 is 54.7 Å². The molecule has 162 valence electrons. The van der Waals surface area contributed by atoms with Crippen LogP contribution in [0.2, 0.25) is 10.0 Å². The number of carbonyl (C=O) groups excluding carboxylic acids is 1. The van der Waals surface area contributed by atoms with E-state index in [1.807, 2.05) is 0 Å². The molecule has 2 aromatic carbocycles. The highest BCUT2D eigenvalue weighted by atomic mass is 35.5. The van der Waals surface area contributed by atoms with Crippen molar-refractivity contribution in [3.8, 4) is 0 Å². The molecule has 3 rings (SSSR count). The van der Waals surface area contributed by atoms with Gasteiger partial charge in [-0.05, 0) is 36.2 Å². The Balaban J connectivity index is 1.87. The van der Waals surface area contributed by atoms with Gasteiger partial charge in [-0.3, -0.25) is 4.79 Å². The molecular formula is C19H20Cl2N2O5S2. The Hall–Kier alpha value is -1.65. The zero-order chi connectivity index (χ0) is 22.1. The van der Waals surface area contributed by atoms with E-state index in [0.717, 1.165) is 4.31 Å². The molecule has 0 fully saturated rings. The minimum Gasteiger partial charge on any atom is -0.324 e. The molecule has 1 aliphatic rings. The summed E-state index contributed by atoms with van der Waals surface area (Å²) >= 11 is 12.0. The molecule has 0 saturated heterocycles. The molecule has 1 aliphatic heterocycles. The van der Waals surface area contributed by atoms with Crippen LogP contribution in [0.5, 0.6) is 0 Å². The number of hydrogen-bond acceptors (Lipinski definition) is 5. The fourth-order valence-corrected chi connectivity index (χ4v) is 8.19. The topological polar surface area (TPSA) is 101 Å². The molecule has 0 aromatic heterocycles. The second kappa shape index (κ2) is 8.84. The van der Waals surface area contributed by atoms with Crippen molar-refractivity contribution in [3.63, 3.8) is 0 Å². The highest BCUT2D eigenvalue weighted by Crippen LogP contribution is 2.39. The van der Waals surface area contributed by atoms with Crippen molar-refractivity contribution in [3.05, 3.63) is 58.1 Å². The average molecular weight is 491 g/mol. The first-order valence-electron chi connectivity index (χ1n) is 9.12. The number of halogens is 2. The smallest absolute Gasteiger partial charge is 0.239 e. The van der Waals surface area contributed by atoms with Crippen LogP contribution in [-0.2, 0) is 24.7 Å². The van der Waals surface area contributed by atoms with Crippen LogP contribution in [-0.4, -0.2) is 45.9 Å². The molecule has 0 radical (unpaired) electrons. The van der Waals surface area contributed by atoms with Crippen molar-refractivity contribution in [2.75, 3.05) is 24.2 Å². The fourth-order valence-electron chi connectivity index (χ4n) is 3.32. The lowest BCUT2D eigenvalue weighted by Gasteiger charge is -2.25. The van der Waals surface area contributed by atoms with Crippen molar-refractivity contribution < 1.29 is 21.6 Å². The summed E-state index contributed by atoms with van der Waals surface area (Å²) in [7, 11) is -7.83. The van der Waals surface area contributed by atoms with Crippen LogP contribution < -0.4 is 5.32 Å². The molecule has 0 bridgehead atoms. The lowest BCUT2D eigenvalue weighted by Crippen LogP contribution is -2.41. The molecule has 0 spiro atoms. The van der Waals surface area contributed by atoms with E-state index in [-0.39, 0.29) is 27.7 Å². The standard InChI is InChI=1S/C19H20Cl2N2O5S2/c1-2-9-23(11-19(24)22-16-10-13(20)7-8-15(16)21)30(27,28)18-12-29(25,26)17-6-4-3-5-14(17)18/h3-8,10,18H,2,9,11-12H2,1H3,(H,22,24). The van der Waals surface area contributed by atoms with Gasteiger partial charge in [-0.2, -0.15) is 4.31 Å². The normalized spacial score (nSPS) is 17.7. The number of anilines is 1. The van der Waals surface area contributed by atoms with Gasteiger partial charge < -0.3 is 5.32 Å². The number of sulfone groups is 1. The molecule has 30 heavy (non-hydrogen) atoms. The van der Waals surface area contributed by atoms with Gasteiger partial charge in [0.2, 0.25) is 15.9 Å². The van der Waals surface area contributed by atoms with Crippen molar-refractivity contribution in [1.29, 1.82) is 0 Å². The molecule has 0 aliphatic carbocycles. The molecule has 1 N–H and O–H groups in total. The van der Waals surface area contributed by atoms with Crippen LogP contribution in [0.3, 0.4) is 0 Å². The fraction of sp³-hybridized carbons (Fsp3) is 0.316. The van der Waals surface area contributed by atoms with Gasteiger partial charge in [0.05, 0.1) is 27.9 Å². The van der Waals surface area contributed by atoms with E-state index < -0.39 is 43.3 Å². The monoisotopic (exact) mass is 490 g/mol. The molecule has 1 heterocycles. The van der Waals surface area contributed by atoms with Crippen molar-refractivity contribution in [1.82, 2.24) is 4.31 Å². The van der Waals surface area contributed by atoms with Gasteiger partial charge in [0.25, 0.3) is 0 Å². The summed E-state index contributed by atoms with van der Waals surface area (Å²) in [5.74, 6) is -1.15. The SMILES string of the molecule is CCCN(CC(=O)Nc1cc(Cl)ccc1Cl)S(=O)(=O)C1CS(=O)(=O)c2ccccc21. The molecule has 7 nitrogen and oxygen atoms in total. The van der Waals surface area contributed by atoms with Crippen LogP contribution in [0.4, 0.5) is 5.69 Å². The van der Waals surface area contributed by atoms with Gasteiger partial charge in [-0.15, -0.1) is 0 Å². The first-order chi connectivity index (χ1) is 14.1. The number of hydrogen-bond donors (Lipinski definition) is 1. The zero-order valence-corrected chi connectivity index (χ0v) is 19.2. The largest absolute Gasteiger partial charge is 0.324 e. The molecule has 1 amide bonds. The summed E-state index contributed by atoms with van der Waals surface area (Å²) in [6, 6.07) is 10.6. The van der Waals surface area contributed by atoms with Crippen molar-refractivity contribution in [2.45, 2.75) is 23.5 Å². The first-order valence-corrected chi connectivity index (χ1v) is 13.0. The summed E-state index contributed by atoms with van der Waals surface area (Å²) < 4.78 is 52.5. The second-order valence-corrected chi connectivity index (χ2v) is 11.8. The van der Waals surface area contributed by atoms with Crippen LogP contribution in [0.25, 0.3) is 0 Å². The summed E-state index contributed by atoms with van der Waals surface area (Å²) in [5.41, 5.74) is 0.494. The van der Waals surface area contributed by atoms with Gasteiger partial charge in [0.15, 0.2) is 9.84 Å². The predicted molar refractivity (Wildman–Crippen MR) is 117 cm³/mol. The maximum absolute atomic E-state index is 13.3. The number of sulfonamides is 1. The van der Waals surface area contributed by atoms with Crippen molar-refractivity contribution in [2.24, 2.45) is 0 Å². The Labute approximate surface area is 186 Å². The summed E-state index contributed by atoms with van der Waals surface area (Å²) in [6.45, 7) is 1.36. The van der Waals surface area contributed by atoms with Gasteiger partial charge in [0, 0.05) is 11.6 Å². The van der Waals surface area contributed by atoms with Crippen LogP contribution >= 0.6 is 23.2 Å². The molecule has 11 heteroatoms. The van der Waals surface area contributed by atoms with Crippen LogP contribution in [0, 0.1) is 0 Å². The average Bonchev–Trinajstić information content (AvgIpc) is 2.96. The van der Waals surface area contributed by atoms with Gasteiger partial charge in [-0.1, -0.05) is 48.3 Å². The Morgan fingerprint density at radius 3 is 2.60 bits per heavy atom. The van der Waals surface area contributed by atoms with E-state index in [1.54, 1.807) is 25.1 Å².